The minimum Gasteiger partial charge on any atom is -0.459 e. The average molecular weight is 431 g/mol. The number of hydrogen-bond donors (Lipinski definition) is 2. The van der Waals surface area contributed by atoms with Gasteiger partial charge in [0.05, 0.1) is 17.2 Å². The van der Waals surface area contributed by atoms with Crippen molar-refractivity contribution in [3.8, 4) is 0 Å². The zero-order chi connectivity index (χ0) is 19.2. The van der Waals surface area contributed by atoms with E-state index < -0.39 is 0 Å². The number of carbonyl (C=O) groups excluding carboxylic acids is 2. The number of rotatable bonds is 6. The highest BCUT2D eigenvalue weighted by atomic mass is 79.9. The Hall–Kier alpha value is -2.93. The molecule has 3 aromatic rings. The highest BCUT2D eigenvalue weighted by Crippen LogP contribution is 2.17. The van der Waals surface area contributed by atoms with Gasteiger partial charge in [-0.3, -0.25) is 9.59 Å². The van der Waals surface area contributed by atoms with E-state index in [9.17, 15) is 14.0 Å². The molecule has 2 amide bonds. The van der Waals surface area contributed by atoms with E-state index in [1.165, 1.54) is 12.3 Å². The quantitative estimate of drug-likeness (QED) is 0.612. The van der Waals surface area contributed by atoms with Crippen LogP contribution in [-0.2, 0) is 17.8 Å². The molecular weight excluding hydrogens is 415 g/mol. The molecule has 0 saturated heterocycles. The fourth-order valence-corrected chi connectivity index (χ4v) is 2.83. The lowest BCUT2D eigenvalue weighted by atomic mass is 10.1. The van der Waals surface area contributed by atoms with Gasteiger partial charge >= 0.3 is 0 Å². The number of furan rings is 1. The maximum absolute atomic E-state index is 13.2. The summed E-state index contributed by atoms with van der Waals surface area (Å²) in [4.78, 5) is 23.9. The molecule has 0 bridgehead atoms. The molecule has 27 heavy (non-hydrogen) atoms. The lowest BCUT2D eigenvalue weighted by Crippen LogP contribution is -2.24. The molecule has 1 heterocycles. The minimum absolute atomic E-state index is 0.163. The SMILES string of the molecule is O=C(Cc1ccc(F)c(Br)c1)NCc1ccc(NC(=O)c2ccco2)cc1. The van der Waals surface area contributed by atoms with Gasteiger partial charge in [-0.25, -0.2) is 4.39 Å². The molecule has 3 rings (SSSR count). The van der Waals surface area contributed by atoms with E-state index in [0.29, 0.717) is 16.7 Å². The Bertz CT molecular complexity index is 940. The zero-order valence-electron chi connectivity index (χ0n) is 14.2. The highest BCUT2D eigenvalue weighted by Gasteiger charge is 2.09. The van der Waals surface area contributed by atoms with Crippen LogP contribution in [0.2, 0.25) is 0 Å². The van der Waals surface area contributed by atoms with Gasteiger partial charge < -0.3 is 15.1 Å². The third kappa shape index (κ3) is 5.27. The molecule has 7 heteroatoms. The lowest BCUT2D eigenvalue weighted by Gasteiger charge is -2.08. The second-order valence-corrected chi connectivity index (χ2v) is 6.68. The van der Waals surface area contributed by atoms with Crippen molar-refractivity contribution in [2.75, 3.05) is 5.32 Å². The number of nitrogens with one attached hydrogen (secondary N) is 2. The molecule has 2 N–H and O–H groups in total. The Morgan fingerprint density at radius 1 is 1.04 bits per heavy atom. The molecule has 0 aliphatic heterocycles. The lowest BCUT2D eigenvalue weighted by molar-refractivity contribution is -0.120. The van der Waals surface area contributed by atoms with Crippen molar-refractivity contribution >= 4 is 33.4 Å². The molecule has 0 atom stereocenters. The summed E-state index contributed by atoms with van der Waals surface area (Å²) in [7, 11) is 0. The molecular formula is C20H16BrFN2O3. The maximum atomic E-state index is 13.2. The zero-order valence-corrected chi connectivity index (χ0v) is 15.8. The van der Waals surface area contributed by atoms with E-state index in [2.05, 4.69) is 26.6 Å². The van der Waals surface area contributed by atoms with Crippen LogP contribution >= 0.6 is 15.9 Å². The number of halogens is 2. The van der Waals surface area contributed by atoms with Gasteiger partial charge in [0.25, 0.3) is 5.91 Å². The Balaban J connectivity index is 1.50. The van der Waals surface area contributed by atoms with Gasteiger partial charge in [-0.15, -0.1) is 0 Å². The van der Waals surface area contributed by atoms with Crippen molar-refractivity contribution in [1.82, 2.24) is 5.32 Å². The largest absolute Gasteiger partial charge is 0.459 e. The first-order chi connectivity index (χ1) is 13.0. The number of anilines is 1. The number of hydrogen-bond acceptors (Lipinski definition) is 3. The van der Waals surface area contributed by atoms with Crippen molar-refractivity contribution in [3.05, 3.63) is 88.0 Å². The van der Waals surface area contributed by atoms with Gasteiger partial charge in [0.15, 0.2) is 5.76 Å². The fraction of sp³-hybridized carbons (Fsp3) is 0.100. The first-order valence-corrected chi connectivity index (χ1v) is 8.95. The summed E-state index contributed by atoms with van der Waals surface area (Å²) in [6.07, 6.45) is 1.60. The third-order valence-corrected chi connectivity index (χ3v) is 4.40. The molecule has 0 fully saturated rings. The topological polar surface area (TPSA) is 71.3 Å². The number of benzene rings is 2. The van der Waals surface area contributed by atoms with Crippen LogP contribution < -0.4 is 10.6 Å². The Morgan fingerprint density at radius 2 is 1.78 bits per heavy atom. The summed E-state index contributed by atoms with van der Waals surface area (Å²) < 4.78 is 18.6. The van der Waals surface area contributed by atoms with Crippen LogP contribution in [0, 0.1) is 5.82 Å². The van der Waals surface area contributed by atoms with Crippen molar-refractivity contribution in [3.63, 3.8) is 0 Å². The molecule has 0 radical (unpaired) electrons. The molecule has 0 spiro atoms. The standard InChI is InChI=1S/C20H16BrFN2O3/c21-16-10-14(5-8-17(16)22)11-19(25)23-12-13-3-6-15(7-4-13)24-20(26)18-2-1-9-27-18/h1-10H,11-12H2,(H,23,25)(H,24,26). The number of amides is 2. The van der Waals surface area contributed by atoms with E-state index in [-0.39, 0.29) is 29.8 Å². The first-order valence-electron chi connectivity index (χ1n) is 8.15. The predicted octanol–water partition coefficient (Wildman–Crippen LogP) is 4.29. The Labute approximate surface area is 163 Å². The molecule has 0 unspecified atom stereocenters. The van der Waals surface area contributed by atoms with Crippen molar-refractivity contribution in [1.29, 1.82) is 0 Å². The second kappa shape index (κ2) is 8.64. The smallest absolute Gasteiger partial charge is 0.291 e. The van der Waals surface area contributed by atoms with Gasteiger partial charge in [0.2, 0.25) is 5.91 Å². The Kier molecular flexibility index (Phi) is 6.03. The maximum Gasteiger partial charge on any atom is 0.291 e. The van der Waals surface area contributed by atoms with Gasteiger partial charge in [0.1, 0.15) is 5.82 Å². The molecule has 0 saturated carbocycles. The second-order valence-electron chi connectivity index (χ2n) is 5.83. The fourth-order valence-electron chi connectivity index (χ4n) is 2.40. The molecule has 138 valence electrons. The van der Waals surface area contributed by atoms with Crippen LogP contribution in [0.25, 0.3) is 0 Å². The highest BCUT2D eigenvalue weighted by molar-refractivity contribution is 9.10. The van der Waals surface area contributed by atoms with Crippen molar-refractivity contribution in [2.24, 2.45) is 0 Å². The van der Waals surface area contributed by atoms with Gasteiger partial charge in [-0.1, -0.05) is 18.2 Å². The van der Waals surface area contributed by atoms with Crippen LogP contribution in [0.5, 0.6) is 0 Å². The van der Waals surface area contributed by atoms with Crippen LogP contribution in [0.3, 0.4) is 0 Å². The van der Waals surface area contributed by atoms with Crippen LogP contribution in [-0.4, -0.2) is 11.8 Å². The summed E-state index contributed by atoms with van der Waals surface area (Å²) in [6.45, 7) is 0.355. The van der Waals surface area contributed by atoms with E-state index in [1.54, 1.807) is 36.4 Å². The summed E-state index contributed by atoms with van der Waals surface area (Å²) in [5.41, 5.74) is 2.24. The summed E-state index contributed by atoms with van der Waals surface area (Å²) in [5, 5.41) is 5.54. The van der Waals surface area contributed by atoms with Crippen LogP contribution in [0.4, 0.5) is 10.1 Å². The van der Waals surface area contributed by atoms with Crippen LogP contribution in [0.1, 0.15) is 21.7 Å². The van der Waals surface area contributed by atoms with Crippen LogP contribution in [0.15, 0.2) is 69.8 Å². The monoisotopic (exact) mass is 430 g/mol. The third-order valence-electron chi connectivity index (χ3n) is 3.80. The van der Waals surface area contributed by atoms with E-state index in [1.807, 2.05) is 12.1 Å². The first kappa shape index (κ1) is 18.8. The molecule has 0 aliphatic carbocycles. The predicted molar refractivity (Wildman–Crippen MR) is 103 cm³/mol. The van der Waals surface area contributed by atoms with E-state index >= 15 is 0 Å². The van der Waals surface area contributed by atoms with E-state index in [0.717, 1.165) is 11.1 Å². The number of carbonyl (C=O) groups is 2. The van der Waals surface area contributed by atoms with Crippen molar-refractivity contribution < 1.29 is 18.4 Å². The van der Waals surface area contributed by atoms with Gasteiger partial charge in [-0.05, 0) is 63.5 Å². The summed E-state index contributed by atoms with van der Waals surface area (Å²) in [6, 6.07) is 14.8. The van der Waals surface area contributed by atoms with E-state index in [4.69, 9.17) is 4.42 Å². The molecule has 5 nitrogen and oxygen atoms in total. The summed E-state index contributed by atoms with van der Waals surface area (Å²) >= 11 is 3.11. The van der Waals surface area contributed by atoms with Crippen molar-refractivity contribution in [2.45, 2.75) is 13.0 Å². The molecule has 0 aliphatic rings. The molecule has 1 aromatic heterocycles. The summed E-state index contributed by atoms with van der Waals surface area (Å²) in [5.74, 6) is -0.618. The Morgan fingerprint density at radius 3 is 2.44 bits per heavy atom. The molecule has 2 aromatic carbocycles. The van der Waals surface area contributed by atoms with Gasteiger partial charge in [-0.2, -0.15) is 0 Å². The average Bonchev–Trinajstić information content (AvgIpc) is 3.19. The van der Waals surface area contributed by atoms with Gasteiger partial charge in [0, 0.05) is 12.2 Å². The normalized spacial score (nSPS) is 10.4. The minimum atomic E-state index is -0.363.